The Labute approximate surface area is 481 Å². The fraction of sp³-hybridized carbons (Fsp3) is 0.894. The fourth-order valence-corrected chi connectivity index (χ4v) is 10.6. The molecule has 4 amide bonds. The van der Waals surface area contributed by atoms with Gasteiger partial charge in [0.15, 0.2) is 31.5 Å². The maximum absolute atomic E-state index is 13.0. The lowest BCUT2D eigenvalue weighted by Crippen LogP contribution is -2.71. The molecular formula is C47H78N4O34. The van der Waals surface area contributed by atoms with Gasteiger partial charge in [-0.1, -0.05) is 0 Å². The van der Waals surface area contributed by atoms with Crippen molar-refractivity contribution in [3.05, 3.63) is 0 Å². The Bertz CT molecular complexity index is 2220. The monoisotopic (exact) mass is 1240 g/mol. The number of hydrogen-bond donors (Lipinski definition) is 22. The summed E-state index contributed by atoms with van der Waals surface area (Å²) in [6.07, 6.45) is -53.1. The molecule has 0 radical (unpaired) electrons. The maximum Gasteiger partial charge on any atom is 0.364 e. The van der Waals surface area contributed by atoms with Crippen LogP contribution in [0.4, 0.5) is 0 Å². The van der Waals surface area contributed by atoms with E-state index >= 15 is 0 Å². The van der Waals surface area contributed by atoms with Gasteiger partial charge in [-0.2, -0.15) is 0 Å². The minimum absolute atomic E-state index is 0.816. The highest BCUT2D eigenvalue weighted by Gasteiger charge is 2.60. The van der Waals surface area contributed by atoms with Crippen LogP contribution in [0.25, 0.3) is 0 Å². The number of carbonyl (C=O) groups is 5. The van der Waals surface area contributed by atoms with Crippen molar-refractivity contribution in [1.82, 2.24) is 21.3 Å². The number of aliphatic hydroxyl groups excluding tert-OH is 17. The maximum atomic E-state index is 13.0. The quantitative estimate of drug-likeness (QED) is 0.0452. The predicted molar refractivity (Wildman–Crippen MR) is 263 cm³/mol. The Morgan fingerprint density at radius 2 is 1.02 bits per heavy atom. The molecule has 0 spiro atoms. The third-order valence-corrected chi connectivity index (χ3v) is 15.1. The lowest BCUT2D eigenvalue weighted by Gasteiger charge is -2.51. The van der Waals surface area contributed by atoms with Crippen LogP contribution in [0.15, 0.2) is 0 Å². The first-order valence-corrected chi connectivity index (χ1v) is 26.7. The van der Waals surface area contributed by atoms with Gasteiger partial charge in [-0.05, 0) is 6.92 Å². The van der Waals surface area contributed by atoms with Gasteiger partial charge in [-0.25, -0.2) is 4.79 Å². The zero-order valence-electron chi connectivity index (χ0n) is 45.9. The Balaban J connectivity index is 1.33. The lowest BCUT2D eigenvalue weighted by molar-refractivity contribution is -0.400. The van der Waals surface area contributed by atoms with E-state index in [0.29, 0.717) is 0 Å². The average Bonchev–Trinajstić information content (AvgIpc) is 2.35. The van der Waals surface area contributed by atoms with Gasteiger partial charge in [0.25, 0.3) is 5.79 Å². The van der Waals surface area contributed by atoms with E-state index in [1.54, 1.807) is 0 Å². The third-order valence-electron chi connectivity index (χ3n) is 15.1. The number of nitrogens with one attached hydrogen (secondary N) is 4. The Morgan fingerprint density at radius 3 is 1.58 bits per heavy atom. The zero-order valence-corrected chi connectivity index (χ0v) is 45.9. The van der Waals surface area contributed by atoms with E-state index in [-0.39, 0.29) is 0 Å². The van der Waals surface area contributed by atoms with E-state index in [1.165, 1.54) is 6.92 Å². The number of ether oxygens (including phenoxy) is 11. The number of aliphatic carboxylic acids is 1. The van der Waals surface area contributed by atoms with Gasteiger partial charge < -0.3 is 165 Å². The van der Waals surface area contributed by atoms with Crippen molar-refractivity contribution < 1.29 is 168 Å². The summed E-state index contributed by atoms with van der Waals surface area (Å²) in [6, 6.07) is -7.26. The van der Waals surface area contributed by atoms with E-state index in [1.807, 2.05) is 0 Å². The lowest BCUT2D eigenvalue weighted by atomic mass is 9.88. The number of aliphatic hydroxyl groups is 17. The van der Waals surface area contributed by atoms with Gasteiger partial charge in [0.05, 0.1) is 51.3 Å². The van der Waals surface area contributed by atoms with Gasteiger partial charge in [-0.15, -0.1) is 0 Å². The largest absolute Gasteiger partial charge is 0.477 e. The Morgan fingerprint density at radius 1 is 0.518 bits per heavy atom. The summed E-state index contributed by atoms with van der Waals surface area (Å²) in [7, 11) is 0. The van der Waals surface area contributed by atoms with Crippen molar-refractivity contribution in [2.45, 2.75) is 224 Å². The highest BCUT2D eigenvalue weighted by Crippen LogP contribution is 2.39. The highest BCUT2D eigenvalue weighted by atomic mass is 16.8. The topological polar surface area (TPSA) is 599 Å². The van der Waals surface area contributed by atoms with Crippen LogP contribution < -0.4 is 21.3 Å². The number of carbonyl (C=O) groups excluding carboxylic acids is 4. The first-order chi connectivity index (χ1) is 40.0. The number of carboxylic acids is 1. The molecule has 85 heavy (non-hydrogen) atoms. The van der Waals surface area contributed by atoms with Crippen LogP contribution in [-0.2, 0) is 76.1 Å². The summed E-state index contributed by atoms with van der Waals surface area (Å²) in [5, 5.41) is 204. The molecule has 31 atom stereocenters. The van der Waals surface area contributed by atoms with Crippen LogP contribution in [0.5, 0.6) is 0 Å². The third kappa shape index (κ3) is 15.8. The molecule has 0 aromatic carbocycles. The molecule has 6 saturated heterocycles. The molecule has 0 unspecified atom stereocenters. The molecule has 22 N–H and O–H groups in total. The fourth-order valence-electron chi connectivity index (χ4n) is 10.6. The molecule has 6 aliphatic rings. The molecule has 6 fully saturated rings. The van der Waals surface area contributed by atoms with Gasteiger partial charge in [0.2, 0.25) is 23.6 Å². The summed E-state index contributed by atoms with van der Waals surface area (Å²) < 4.78 is 64.7. The molecular weight excluding hydrogens is 1160 g/mol. The average molecular weight is 1240 g/mol. The van der Waals surface area contributed by atoms with Crippen molar-refractivity contribution in [1.29, 1.82) is 0 Å². The van der Waals surface area contributed by atoms with Crippen molar-refractivity contribution in [2.75, 3.05) is 39.6 Å². The second-order valence-corrected chi connectivity index (χ2v) is 21.2. The molecule has 490 valence electrons. The first kappa shape index (κ1) is 70.3. The number of hydrogen-bond acceptors (Lipinski definition) is 33. The van der Waals surface area contributed by atoms with Crippen LogP contribution in [0.2, 0.25) is 0 Å². The van der Waals surface area contributed by atoms with Crippen LogP contribution >= 0.6 is 0 Å². The van der Waals surface area contributed by atoms with Gasteiger partial charge in [0, 0.05) is 27.2 Å². The van der Waals surface area contributed by atoms with Gasteiger partial charge >= 0.3 is 5.97 Å². The molecule has 38 heteroatoms. The minimum atomic E-state index is -3.08. The predicted octanol–water partition coefficient (Wildman–Crippen LogP) is -14.3. The normalized spacial score (nSPS) is 45.0. The standard InChI is InChI=1S/C47H78N4O34/c1-12-27(63)34(70)35(71)44(76-12)84-40-39(83-42-24(48-13(2)57)32(68)29(65)18(7-53)78-42)30(66)19(8-54)79-45(40)81-36-20(9-55)80-43(25(33(36)69)49-14(3)58)82-37-26(50-15(4)59)41(72)77-21(31(37)67)11-75-47(46(73)74)5-16(60)23(51-22(62)10-56)38(85-47)28(64)17(61)6-52/h12,16-21,23-45,52-56,60-61,63-72H,5-11H2,1-4H3,(H,48,57)(H,49,58)(H,50,59)(H,51,62)(H,73,74)/t12-,16-,17+,18+,19+,20+,21+,23+,24+,25+,26+,27+,28+,29-,30-,31-,32+,33+,34+,35-,36+,37+,38+,39-,40+,41-,42+,43-,44-,45-,47+/m0/s1. The van der Waals surface area contributed by atoms with Crippen LogP contribution in [0.3, 0.4) is 0 Å². The summed E-state index contributed by atoms with van der Waals surface area (Å²) in [5.41, 5.74) is 0. The molecule has 0 aliphatic carbocycles. The molecule has 0 aromatic rings. The zero-order chi connectivity index (χ0) is 63.3. The van der Waals surface area contributed by atoms with Crippen LogP contribution in [-0.4, -0.2) is 351 Å². The number of rotatable bonds is 23. The molecule has 6 rings (SSSR count). The summed E-state index contributed by atoms with van der Waals surface area (Å²) in [5.74, 6) is -8.92. The van der Waals surface area contributed by atoms with Crippen molar-refractivity contribution in [3.8, 4) is 0 Å². The molecule has 0 bridgehead atoms. The second-order valence-electron chi connectivity index (χ2n) is 21.2. The van der Waals surface area contributed by atoms with Gasteiger partial charge in [0.1, 0.15) is 141 Å². The van der Waals surface area contributed by atoms with Crippen LogP contribution in [0, 0.1) is 0 Å². The smallest absolute Gasteiger partial charge is 0.364 e. The van der Waals surface area contributed by atoms with E-state index in [9.17, 15) is 116 Å². The van der Waals surface area contributed by atoms with Crippen LogP contribution in [0.1, 0.15) is 34.1 Å². The number of amides is 4. The van der Waals surface area contributed by atoms with E-state index in [4.69, 9.17) is 52.1 Å². The molecule has 6 heterocycles. The van der Waals surface area contributed by atoms with Crippen molar-refractivity contribution in [2.24, 2.45) is 0 Å². The number of carboxylic acid groups (broad SMARTS) is 1. The first-order valence-electron chi connectivity index (χ1n) is 26.7. The summed E-state index contributed by atoms with van der Waals surface area (Å²) >= 11 is 0. The molecule has 38 nitrogen and oxygen atoms in total. The van der Waals surface area contributed by atoms with E-state index < -0.39 is 265 Å². The SMILES string of the molecule is CC(=O)N[C@@H]1[C@@H](O[C@@H]2O[C@H](CO)[C@@H](O[C@@H]3O[C@H](CO)[C@H](O)[C@H](O[C@H]4O[C@H](CO)[C@H](O)[C@H](O)[C@H]4NC(C)=O)[C@H]3O[C@@H]3O[C@@H](C)[C@@H](O)[C@@H](O)[C@@H]3O)[C@H](O)[C@H]2NC(C)=O)[C@@H](O)[C@@H](CO[C@]2(C(=O)O)C[C@H](O)[C@@H](NC(=O)CO)[C@H]([C@H](O)[C@H](O)CO)O2)O[C@@H]1O. The van der Waals surface area contributed by atoms with Crippen molar-refractivity contribution in [3.63, 3.8) is 0 Å². The van der Waals surface area contributed by atoms with Gasteiger partial charge in [-0.3, -0.25) is 19.2 Å². The molecule has 0 saturated carbocycles. The van der Waals surface area contributed by atoms with E-state index in [2.05, 4.69) is 21.3 Å². The molecule has 6 aliphatic heterocycles. The minimum Gasteiger partial charge on any atom is -0.477 e. The van der Waals surface area contributed by atoms with E-state index in [0.717, 1.165) is 20.8 Å². The summed E-state index contributed by atoms with van der Waals surface area (Å²) in [4.78, 5) is 63.0. The second kappa shape index (κ2) is 30.2. The Kier molecular flexibility index (Phi) is 24.9. The summed E-state index contributed by atoms with van der Waals surface area (Å²) in [6.45, 7) is -2.52. The molecule has 0 aromatic heterocycles. The Hall–Kier alpha value is -3.77. The highest BCUT2D eigenvalue weighted by molar-refractivity contribution is 5.78. The van der Waals surface area contributed by atoms with Crippen molar-refractivity contribution >= 4 is 29.6 Å².